The zero-order valence-electron chi connectivity index (χ0n) is 12.1. The summed E-state index contributed by atoms with van der Waals surface area (Å²) in [4.78, 5) is 2.47. The molecule has 2 N–H and O–H groups in total. The van der Waals surface area contributed by atoms with Gasteiger partial charge in [0.25, 0.3) is 0 Å². The van der Waals surface area contributed by atoms with Crippen LogP contribution in [0.4, 0.5) is 0 Å². The lowest BCUT2D eigenvalue weighted by molar-refractivity contribution is 0.224. The summed E-state index contributed by atoms with van der Waals surface area (Å²) in [5.74, 6) is 0. The van der Waals surface area contributed by atoms with Crippen molar-refractivity contribution in [3.63, 3.8) is 0 Å². The van der Waals surface area contributed by atoms with Gasteiger partial charge in [-0.05, 0) is 24.0 Å². The van der Waals surface area contributed by atoms with Crippen molar-refractivity contribution in [2.24, 2.45) is 0 Å². The molecule has 0 unspecified atom stereocenters. The molecule has 0 aliphatic carbocycles. The third kappa shape index (κ3) is 5.31. The van der Waals surface area contributed by atoms with Crippen LogP contribution in [0.5, 0.6) is 0 Å². The largest absolute Gasteiger partial charge is 0.314 e. The first kappa shape index (κ1) is 14.5. The maximum atomic E-state index is 3.54. The fourth-order valence-electron chi connectivity index (χ4n) is 2.50. The highest BCUT2D eigenvalue weighted by Crippen LogP contribution is 2.06. The molecule has 3 heteroatoms. The first-order chi connectivity index (χ1) is 9.38. The van der Waals surface area contributed by atoms with Crippen molar-refractivity contribution in [2.45, 2.75) is 26.2 Å². The number of hydrogen-bond donors (Lipinski definition) is 2. The van der Waals surface area contributed by atoms with Crippen LogP contribution in [0.2, 0.25) is 0 Å². The summed E-state index contributed by atoms with van der Waals surface area (Å²) >= 11 is 0. The van der Waals surface area contributed by atoms with E-state index in [9.17, 15) is 0 Å². The van der Waals surface area contributed by atoms with E-state index < -0.39 is 0 Å². The maximum absolute atomic E-state index is 3.54. The van der Waals surface area contributed by atoms with Crippen molar-refractivity contribution in [3.05, 3.63) is 35.4 Å². The monoisotopic (exact) mass is 261 g/mol. The number of rotatable bonds is 7. The number of nitrogens with one attached hydrogen (secondary N) is 2. The van der Waals surface area contributed by atoms with Crippen molar-refractivity contribution < 1.29 is 0 Å². The molecule has 19 heavy (non-hydrogen) atoms. The van der Waals surface area contributed by atoms with Gasteiger partial charge in [-0.3, -0.25) is 4.90 Å². The number of aryl methyl sites for hydroxylation is 1. The van der Waals surface area contributed by atoms with E-state index in [4.69, 9.17) is 0 Å². The van der Waals surface area contributed by atoms with E-state index in [2.05, 4.69) is 46.7 Å². The van der Waals surface area contributed by atoms with Crippen molar-refractivity contribution in [1.82, 2.24) is 15.5 Å². The molecule has 1 heterocycles. The molecule has 1 aromatic rings. The van der Waals surface area contributed by atoms with Crippen LogP contribution in [-0.2, 0) is 12.8 Å². The molecular formula is C16H27N3. The van der Waals surface area contributed by atoms with Crippen LogP contribution in [-0.4, -0.2) is 44.3 Å². The molecule has 106 valence electrons. The highest BCUT2D eigenvalue weighted by atomic mass is 15.2. The molecule has 2 rings (SSSR count). The second kappa shape index (κ2) is 8.31. The van der Waals surface area contributed by atoms with Gasteiger partial charge in [-0.15, -0.1) is 0 Å². The summed E-state index contributed by atoms with van der Waals surface area (Å²) in [6.45, 7) is 8.90. The van der Waals surface area contributed by atoms with Crippen molar-refractivity contribution in [2.75, 3.05) is 39.4 Å². The fraction of sp³-hybridized carbons (Fsp3) is 0.625. The van der Waals surface area contributed by atoms with Gasteiger partial charge in [-0.1, -0.05) is 37.6 Å². The zero-order valence-corrected chi connectivity index (χ0v) is 12.1. The normalized spacial score (nSPS) is 16.7. The summed E-state index contributed by atoms with van der Waals surface area (Å²) in [6, 6.07) is 9.10. The van der Waals surface area contributed by atoms with Crippen molar-refractivity contribution in [1.29, 1.82) is 0 Å². The molecule has 0 amide bonds. The number of benzene rings is 1. The predicted octanol–water partition coefficient (Wildman–Crippen LogP) is 1.63. The molecule has 1 fully saturated rings. The minimum absolute atomic E-state index is 1.02. The van der Waals surface area contributed by atoms with Crippen LogP contribution < -0.4 is 10.6 Å². The molecule has 0 spiro atoms. The Kier molecular flexibility index (Phi) is 6.34. The summed E-state index contributed by atoms with van der Waals surface area (Å²) in [7, 11) is 0. The summed E-state index contributed by atoms with van der Waals surface area (Å²) in [6.07, 6.45) is 3.55. The third-order valence-corrected chi connectivity index (χ3v) is 3.70. The minimum atomic E-state index is 1.02. The van der Waals surface area contributed by atoms with Gasteiger partial charge in [0.2, 0.25) is 0 Å². The van der Waals surface area contributed by atoms with Crippen LogP contribution in [0.3, 0.4) is 0 Å². The SMILES string of the molecule is CCCc1ccc(CCNCN2CCNCC2)cc1. The van der Waals surface area contributed by atoms with E-state index in [1.807, 2.05) is 0 Å². The highest BCUT2D eigenvalue weighted by Gasteiger charge is 2.07. The molecule has 0 radical (unpaired) electrons. The van der Waals surface area contributed by atoms with Crippen LogP contribution in [0.25, 0.3) is 0 Å². The Bertz CT molecular complexity index is 342. The fourth-order valence-corrected chi connectivity index (χ4v) is 2.50. The van der Waals surface area contributed by atoms with E-state index in [1.54, 1.807) is 0 Å². The van der Waals surface area contributed by atoms with E-state index in [-0.39, 0.29) is 0 Å². The van der Waals surface area contributed by atoms with Gasteiger partial charge in [0.1, 0.15) is 0 Å². The van der Waals surface area contributed by atoms with Crippen molar-refractivity contribution in [3.8, 4) is 0 Å². The molecule has 0 saturated carbocycles. The molecule has 1 saturated heterocycles. The Hall–Kier alpha value is -0.900. The summed E-state index contributed by atoms with van der Waals surface area (Å²) < 4.78 is 0. The standard InChI is InChI=1S/C16H27N3/c1-2-3-15-4-6-16(7-5-15)8-9-18-14-19-12-10-17-11-13-19/h4-7,17-18H,2-3,8-14H2,1H3. The third-order valence-electron chi connectivity index (χ3n) is 3.70. The van der Waals surface area contributed by atoms with Gasteiger partial charge < -0.3 is 10.6 Å². The molecule has 3 nitrogen and oxygen atoms in total. The maximum Gasteiger partial charge on any atom is 0.0481 e. The summed E-state index contributed by atoms with van der Waals surface area (Å²) in [5.41, 5.74) is 2.90. The molecule has 1 aliphatic rings. The first-order valence-electron chi connectivity index (χ1n) is 7.60. The van der Waals surface area contributed by atoms with E-state index in [0.717, 1.165) is 32.7 Å². The van der Waals surface area contributed by atoms with Gasteiger partial charge >= 0.3 is 0 Å². The molecule has 0 atom stereocenters. The van der Waals surface area contributed by atoms with E-state index >= 15 is 0 Å². The van der Waals surface area contributed by atoms with Gasteiger partial charge in [0.15, 0.2) is 0 Å². The van der Waals surface area contributed by atoms with Gasteiger partial charge in [-0.25, -0.2) is 0 Å². The second-order valence-corrected chi connectivity index (χ2v) is 5.34. The predicted molar refractivity (Wildman–Crippen MR) is 81.5 cm³/mol. The molecule has 0 bridgehead atoms. The second-order valence-electron chi connectivity index (χ2n) is 5.34. The topological polar surface area (TPSA) is 27.3 Å². The molecular weight excluding hydrogens is 234 g/mol. The average Bonchev–Trinajstić information content (AvgIpc) is 2.47. The molecule has 1 aliphatic heterocycles. The lowest BCUT2D eigenvalue weighted by Gasteiger charge is -2.27. The number of hydrogen-bond acceptors (Lipinski definition) is 3. The highest BCUT2D eigenvalue weighted by molar-refractivity contribution is 5.22. The Morgan fingerprint density at radius 1 is 1.05 bits per heavy atom. The Labute approximate surface area is 117 Å². The quantitative estimate of drug-likeness (QED) is 0.731. The van der Waals surface area contributed by atoms with E-state index in [0.29, 0.717) is 0 Å². The van der Waals surface area contributed by atoms with Crippen LogP contribution in [0, 0.1) is 0 Å². The lowest BCUT2D eigenvalue weighted by Crippen LogP contribution is -2.47. The Balaban J connectivity index is 1.62. The van der Waals surface area contributed by atoms with E-state index in [1.165, 1.54) is 37.1 Å². The summed E-state index contributed by atoms with van der Waals surface area (Å²) in [5, 5.41) is 6.92. The molecule has 1 aromatic carbocycles. The van der Waals surface area contributed by atoms with Gasteiger partial charge in [0, 0.05) is 39.4 Å². The number of nitrogens with zero attached hydrogens (tertiary/aromatic N) is 1. The first-order valence-corrected chi connectivity index (χ1v) is 7.60. The smallest absolute Gasteiger partial charge is 0.0481 e. The van der Waals surface area contributed by atoms with Crippen molar-refractivity contribution >= 4 is 0 Å². The Morgan fingerprint density at radius 2 is 1.68 bits per heavy atom. The van der Waals surface area contributed by atoms with Crippen LogP contribution in [0.1, 0.15) is 24.5 Å². The lowest BCUT2D eigenvalue weighted by atomic mass is 10.1. The van der Waals surface area contributed by atoms with Crippen LogP contribution in [0.15, 0.2) is 24.3 Å². The Morgan fingerprint density at radius 3 is 2.32 bits per heavy atom. The minimum Gasteiger partial charge on any atom is -0.314 e. The van der Waals surface area contributed by atoms with Gasteiger partial charge in [0.05, 0.1) is 0 Å². The number of piperazine rings is 1. The van der Waals surface area contributed by atoms with Crippen LogP contribution >= 0.6 is 0 Å². The zero-order chi connectivity index (χ0) is 13.3. The average molecular weight is 261 g/mol. The molecule has 0 aromatic heterocycles. The van der Waals surface area contributed by atoms with Gasteiger partial charge in [-0.2, -0.15) is 0 Å².